The zero-order chi connectivity index (χ0) is 10.4. The van der Waals surface area contributed by atoms with Crippen LogP contribution in [0.5, 0.6) is 0 Å². The van der Waals surface area contributed by atoms with E-state index in [-0.39, 0.29) is 5.97 Å². The predicted octanol–water partition coefficient (Wildman–Crippen LogP) is 1.80. The van der Waals surface area contributed by atoms with E-state index in [2.05, 4.69) is 22.6 Å². The molecule has 0 amide bonds. The van der Waals surface area contributed by atoms with Gasteiger partial charge in [-0.05, 0) is 59.8 Å². The number of hydrogen-bond donors (Lipinski definition) is 1. The van der Waals surface area contributed by atoms with E-state index >= 15 is 0 Å². The lowest BCUT2D eigenvalue weighted by Crippen LogP contribution is -2.09. The Balaban J connectivity index is 2.48. The Bertz CT molecular complexity index is 297. The molecule has 0 aromatic heterocycles. The number of ether oxygens (including phenoxy) is 1. The molecule has 0 spiro atoms. The van der Waals surface area contributed by atoms with Gasteiger partial charge in [-0.25, -0.2) is 4.79 Å². The zero-order valence-electron chi connectivity index (χ0n) is 7.70. The van der Waals surface area contributed by atoms with Gasteiger partial charge in [0.25, 0.3) is 0 Å². The van der Waals surface area contributed by atoms with Crippen LogP contribution in [0.15, 0.2) is 24.3 Å². The minimum atomic E-state index is -0.283. The largest absolute Gasteiger partial charge is 0.462 e. The van der Waals surface area contributed by atoms with E-state index in [9.17, 15) is 4.79 Å². The normalized spacial score (nSPS) is 9.86. The maximum atomic E-state index is 11.4. The third kappa shape index (κ3) is 3.63. The number of halogens is 1. The molecule has 4 heteroatoms. The van der Waals surface area contributed by atoms with Gasteiger partial charge >= 0.3 is 5.97 Å². The van der Waals surface area contributed by atoms with Crippen LogP contribution in [0.1, 0.15) is 16.8 Å². The lowest BCUT2D eigenvalue weighted by molar-refractivity contribution is 0.0503. The number of carbonyl (C=O) groups is 1. The van der Waals surface area contributed by atoms with Gasteiger partial charge in [0.05, 0.1) is 12.2 Å². The highest BCUT2D eigenvalue weighted by Crippen LogP contribution is 2.07. The first-order valence-electron chi connectivity index (χ1n) is 4.37. The third-order valence-corrected chi connectivity index (χ3v) is 2.38. The van der Waals surface area contributed by atoms with Gasteiger partial charge in [-0.3, -0.25) is 0 Å². The summed E-state index contributed by atoms with van der Waals surface area (Å²) >= 11 is 2.19. The lowest BCUT2D eigenvalue weighted by atomic mass is 10.2. The first-order chi connectivity index (χ1) is 6.74. The quantitative estimate of drug-likeness (QED) is 0.524. The number of rotatable bonds is 4. The summed E-state index contributed by atoms with van der Waals surface area (Å²) in [5, 5.41) is 0. The molecular formula is C10H12INO2. The van der Waals surface area contributed by atoms with Crippen molar-refractivity contribution < 1.29 is 9.53 Å². The SMILES string of the molecule is NCCCOC(=O)c1ccc(I)cc1. The highest BCUT2D eigenvalue weighted by atomic mass is 127. The third-order valence-electron chi connectivity index (χ3n) is 1.66. The van der Waals surface area contributed by atoms with E-state index in [1.165, 1.54) is 0 Å². The van der Waals surface area contributed by atoms with Crippen molar-refractivity contribution in [2.75, 3.05) is 13.2 Å². The predicted molar refractivity (Wildman–Crippen MR) is 63.1 cm³/mol. The smallest absolute Gasteiger partial charge is 0.338 e. The molecule has 0 heterocycles. The average molecular weight is 305 g/mol. The molecule has 1 aromatic rings. The second kappa shape index (κ2) is 5.98. The minimum Gasteiger partial charge on any atom is -0.462 e. The molecule has 0 aliphatic heterocycles. The fraction of sp³-hybridized carbons (Fsp3) is 0.300. The van der Waals surface area contributed by atoms with Crippen LogP contribution in [0.25, 0.3) is 0 Å². The standard InChI is InChI=1S/C10H12INO2/c11-9-4-2-8(3-5-9)10(13)14-7-1-6-12/h2-5H,1,6-7,12H2. The van der Waals surface area contributed by atoms with Crippen molar-refractivity contribution in [1.82, 2.24) is 0 Å². The fourth-order valence-electron chi connectivity index (χ4n) is 0.918. The molecule has 1 rings (SSSR count). The number of benzene rings is 1. The van der Waals surface area contributed by atoms with Gasteiger partial charge in [0.2, 0.25) is 0 Å². The number of carbonyl (C=O) groups excluding carboxylic acids is 1. The van der Waals surface area contributed by atoms with Crippen molar-refractivity contribution in [3.63, 3.8) is 0 Å². The van der Waals surface area contributed by atoms with Crippen LogP contribution in [0.2, 0.25) is 0 Å². The second-order valence-electron chi connectivity index (χ2n) is 2.79. The van der Waals surface area contributed by atoms with Gasteiger partial charge in [-0.2, -0.15) is 0 Å². The van der Waals surface area contributed by atoms with E-state index in [1.807, 2.05) is 12.1 Å². The molecule has 0 aliphatic rings. The second-order valence-corrected chi connectivity index (χ2v) is 4.03. The van der Waals surface area contributed by atoms with E-state index in [1.54, 1.807) is 12.1 Å². The van der Waals surface area contributed by atoms with Crippen molar-refractivity contribution in [3.05, 3.63) is 33.4 Å². The topological polar surface area (TPSA) is 52.3 Å². The minimum absolute atomic E-state index is 0.283. The highest BCUT2D eigenvalue weighted by Gasteiger charge is 2.05. The van der Waals surface area contributed by atoms with Gasteiger partial charge in [-0.15, -0.1) is 0 Å². The van der Waals surface area contributed by atoms with Crippen LogP contribution in [0, 0.1) is 3.57 Å². The Labute approximate surface area is 96.8 Å². The fourth-order valence-corrected chi connectivity index (χ4v) is 1.28. The van der Waals surface area contributed by atoms with Crippen molar-refractivity contribution in [2.45, 2.75) is 6.42 Å². The Kier molecular flexibility index (Phi) is 4.89. The summed E-state index contributed by atoms with van der Waals surface area (Å²) in [6.45, 7) is 0.932. The summed E-state index contributed by atoms with van der Waals surface area (Å²) in [4.78, 5) is 11.4. The molecule has 76 valence electrons. The molecule has 0 saturated heterocycles. The van der Waals surface area contributed by atoms with Crippen LogP contribution >= 0.6 is 22.6 Å². The molecule has 0 saturated carbocycles. The van der Waals surface area contributed by atoms with E-state index < -0.39 is 0 Å². The van der Waals surface area contributed by atoms with Gasteiger partial charge in [0.15, 0.2) is 0 Å². The molecule has 0 aliphatic carbocycles. The molecule has 1 aromatic carbocycles. The van der Waals surface area contributed by atoms with Crippen molar-refractivity contribution in [2.24, 2.45) is 5.73 Å². The van der Waals surface area contributed by atoms with Crippen molar-refractivity contribution in [3.8, 4) is 0 Å². The summed E-state index contributed by atoms with van der Waals surface area (Å²) < 4.78 is 6.09. The molecule has 0 atom stereocenters. The molecule has 0 bridgehead atoms. The molecule has 0 radical (unpaired) electrons. The number of hydrogen-bond acceptors (Lipinski definition) is 3. The summed E-state index contributed by atoms with van der Waals surface area (Å²) in [5.74, 6) is -0.283. The molecule has 0 unspecified atom stereocenters. The first kappa shape index (κ1) is 11.5. The molecule has 2 N–H and O–H groups in total. The van der Waals surface area contributed by atoms with Crippen LogP contribution in [-0.4, -0.2) is 19.1 Å². The van der Waals surface area contributed by atoms with Crippen LogP contribution < -0.4 is 5.73 Å². The monoisotopic (exact) mass is 305 g/mol. The number of nitrogens with two attached hydrogens (primary N) is 1. The Hall–Kier alpha value is -0.620. The van der Waals surface area contributed by atoms with Gasteiger partial charge in [-0.1, -0.05) is 0 Å². The van der Waals surface area contributed by atoms with Crippen LogP contribution in [0.3, 0.4) is 0 Å². The first-order valence-corrected chi connectivity index (χ1v) is 5.44. The van der Waals surface area contributed by atoms with E-state index in [4.69, 9.17) is 10.5 Å². The zero-order valence-corrected chi connectivity index (χ0v) is 9.86. The van der Waals surface area contributed by atoms with Crippen LogP contribution in [-0.2, 0) is 4.74 Å². The van der Waals surface area contributed by atoms with E-state index in [0.717, 1.165) is 3.57 Å². The van der Waals surface area contributed by atoms with Crippen molar-refractivity contribution in [1.29, 1.82) is 0 Å². The van der Waals surface area contributed by atoms with Crippen molar-refractivity contribution >= 4 is 28.6 Å². The van der Waals surface area contributed by atoms with E-state index in [0.29, 0.717) is 25.1 Å². The van der Waals surface area contributed by atoms with Crippen LogP contribution in [0.4, 0.5) is 0 Å². The molecule has 0 fully saturated rings. The molecule has 3 nitrogen and oxygen atoms in total. The molecule has 14 heavy (non-hydrogen) atoms. The highest BCUT2D eigenvalue weighted by molar-refractivity contribution is 14.1. The Morgan fingerprint density at radius 2 is 2.00 bits per heavy atom. The Morgan fingerprint density at radius 3 is 2.57 bits per heavy atom. The van der Waals surface area contributed by atoms with Gasteiger partial charge in [0, 0.05) is 3.57 Å². The summed E-state index contributed by atoms with van der Waals surface area (Å²) in [5.41, 5.74) is 5.87. The summed E-state index contributed by atoms with van der Waals surface area (Å²) in [6, 6.07) is 7.26. The Morgan fingerprint density at radius 1 is 1.36 bits per heavy atom. The summed E-state index contributed by atoms with van der Waals surface area (Å²) in [7, 11) is 0. The molecular weight excluding hydrogens is 293 g/mol. The van der Waals surface area contributed by atoms with Gasteiger partial charge < -0.3 is 10.5 Å². The number of esters is 1. The van der Waals surface area contributed by atoms with Gasteiger partial charge in [0.1, 0.15) is 0 Å². The average Bonchev–Trinajstić information content (AvgIpc) is 2.19. The maximum absolute atomic E-state index is 11.4. The summed E-state index contributed by atoms with van der Waals surface area (Å²) in [6.07, 6.45) is 0.704. The maximum Gasteiger partial charge on any atom is 0.338 e. The lowest BCUT2D eigenvalue weighted by Gasteiger charge is -2.03.